The van der Waals surface area contributed by atoms with Crippen LogP contribution in [0.1, 0.15) is 46.0 Å². The molecule has 0 aromatic heterocycles. The Bertz CT molecular complexity index is 209. The largest absolute Gasteiger partial charge is 0.325 e. The number of rotatable bonds is 3. The van der Waals surface area contributed by atoms with Crippen molar-refractivity contribution in [2.24, 2.45) is 23.5 Å². The molecule has 2 heteroatoms. The Labute approximate surface area is 86.2 Å². The van der Waals surface area contributed by atoms with Crippen LogP contribution in [0.4, 0.5) is 4.39 Å². The maximum absolute atomic E-state index is 14.0. The lowest BCUT2D eigenvalue weighted by atomic mass is 9.81. The first-order valence-electron chi connectivity index (χ1n) is 5.88. The van der Waals surface area contributed by atoms with Crippen molar-refractivity contribution in [3.63, 3.8) is 0 Å². The van der Waals surface area contributed by atoms with Crippen LogP contribution in [-0.2, 0) is 0 Å². The zero-order chi connectivity index (χ0) is 10.3. The van der Waals surface area contributed by atoms with E-state index in [0.717, 1.165) is 12.3 Å². The number of nitrogens with two attached hydrogens (primary N) is 1. The number of fused-ring (bicyclic) bond motifs is 2. The molecule has 2 N–H and O–H groups in total. The van der Waals surface area contributed by atoms with Gasteiger partial charge in [0.1, 0.15) is 6.17 Å². The van der Waals surface area contributed by atoms with Crippen LogP contribution in [0.5, 0.6) is 0 Å². The van der Waals surface area contributed by atoms with E-state index in [1.165, 1.54) is 19.3 Å². The molecule has 0 aromatic rings. The first kappa shape index (κ1) is 10.4. The molecule has 2 rings (SSSR count). The van der Waals surface area contributed by atoms with Crippen LogP contribution in [-0.4, -0.2) is 11.7 Å². The summed E-state index contributed by atoms with van der Waals surface area (Å²) in [7, 11) is 0. The molecule has 4 unspecified atom stereocenters. The van der Waals surface area contributed by atoms with Gasteiger partial charge in [0.05, 0.1) is 0 Å². The number of hydrogen-bond acceptors (Lipinski definition) is 1. The van der Waals surface area contributed by atoms with Gasteiger partial charge in [0.15, 0.2) is 0 Å². The summed E-state index contributed by atoms with van der Waals surface area (Å²) in [4.78, 5) is 0. The fourth-order valence-corrected chi connectivity index (χ4v) is 3.39. The molecule has 4 atom stereocenters. The summed E-state index contributed by atoms with van der Waals surface area (Å²) in [6.07, 6.45) is 4.89. The van der Waals surface area contributed by atoms with Gasteiger partial charge in [-0.1, -0.05) is 6.42 Å². The molecule has 2 aliphatic carbocycles. The summed E-state index contributed by atoms with van der Waals surface area (Å²) in [5, 5.41) is 0. The van der Waals surface area contributed by atoms with Gasteiger partial charge in [0.2, 0.25) is 0 Å². The van der Waals surface area contributed by atoms with E-state index in [1.54, 1.807) is 0 Å². The molecule has 0 aliphatic heterocycles. The second-order valence-electron chi connectivity index (χ2n) is 6.05. The lowest BCUT2D eigenvalue weighted by Gasteiger charge is -2.29. The predicted octanol–water partition coefficient (Wildman–Crippen LogP) is 2.89. The average molecular weight is 199 g/mol. The van der Waals surface area contributed by atoms with Crippen LogP contribution >= 0.6 is 0 Å². The van der Waals surface area contributed by atoms with E-state index in [1.807, 2.05) is 13.8 Å². The second-order valence-corrected chi connectivity index (χ2v) is 6.05. The van der Waals surface area contributed by atoms with Crippen LogP contribution in [0.25, 0.3) is 0 Å². The van der Waals surface area contributed by atoms with E-state index in [2.05, 4.69) is 0 Å². The summed E-state index contributed by atoms with van der Waals surface area (Å²) >= 11 is 0. The Hall–Kier alpha value is -0.110. The first-order valence-corrected chi connectivity index (χ1v) is 5.88. The Morgan fingerprint density at radius 3 is 2.50 bits per heavy atom. The van der Waals surface area contributed by atoms with E-state index in [0.29, 0.717) is 18.3 Å². The zero-order valence-corrected chi connectivity index (χ0v) is 9.30. The number of alkyl halides is 1. The van der Waals surface area contributed by atoms with Gasteiger partial charge in [-0.2, -0.15) is 0 Å². The van der Waals surface area contributed by atoms with Gasteiger partial charge < -0.3 is 5.73 Å². The van der Waals surface area contributed by atoms with Gasteiger partial charge in [-0.05, 0) is 57.3 Å². The highest BCUT2D eigenvalue weighted by Gasteiger charge is 2.44. The highest BCUT2D eigenvalue weighted by molar-refractivity contribution is 4.94. The van der Waals surface area contributed by atoms with Crippen LogP contribution in [0.15, 0.2) is 0 Å². The van der Waals surface area contributed by atoms with E-state index in [9.17, 15) is 4.39 Å². The van der Waals surface area contributed by atoms with E-state index >= 15 is 0 Å². The monoisotopic (exact) mass is 199 g/mol. The van der Waals surface area contributed by atoms with Gasteiger partial charge in [0, 0.05) is 5.54 Å². The third kappa shape index (κ3) is 2.10. The van der Waals surface area contributed by atoms with E-state index < -0.39 is 6.17 Å². The third-order valence-corrected chi connectivity index (χ3v) is 3.98. The minimum atomic E-state index is -0.662. The molecule has 0 amide bonds. The maximum atomic E-state index is 14.0. The minimum Gasteiger partial charge on any atom is -0.325 e. The van der Waals surface area contributed by atoms with Crippen molar-refractivity contribution in [2.75, 3.05) is 0 Å². The lowest BCUT2D eigenvalue weighted by molar-refractivity contribution is 0.135. The summed E-state index contributed by atoms with van der Waals surface area (Å²) in [5.74, 6) is 1.85. The lowest BCUT2D eigenvalue weighted by Crippen LogP contribution is -2.38. The minimum absolute atomic E-state index is 0.330. The molecule has 2 bridgehead atoms. The van der Waals surface area contributed by atoms with Crippen LogP contribution in [0, 0.1) is 17.8 Å². The van der Waals surface area contributed by atoms with Gasteiger partial charge >= 0.3 is 0 Å². The molecule has 0 aromatic carbocycles. The molecular formula is C12H22FN. The van der Waals surface area contributed by atoms with Gasteiger partial charge in [-0.3, -0.25) is 0 Å². The molecule has 14 heavy (non-hydrogen) atoms. The summed E-state index contributed by atoms with van der Waals surface area (Å²) < 4.78 is 14.0. The quantitative estimate of drug-likeness (QED) is 0.743. The highest BCUT2D eigenvalue weighted by atomic mass is 19.1. The average Bonchev–Trinajstić information content (AvgIpc) is 2.59. The van der Waals surface area contributed by atoms with Gasteiger partial charge in [-0.25, -0.2) is 4.39 Å². The predicted molar refractivity (Wildman–Crippen MR) is 56.7 cm³/mol. The number of halogens is 1. The van der Waals surface area contributed by atoms with Crippen molar-refractivity contribution in [3.05, 3.63) is 0 Å². The summed E-state index contributed by atoms with van der Waals surface area (Å²) in [6, 6.07) is 0. The molecule has 0 saturated heterocycles. The van der Waals surface area contributed by atoms with Crippen molar-refractivity contribution in [1.82, 2.24) is 0 Å². The van der Waals surface area contributed by atoms with Crippen LogP contribution in [0.3, 0.4) is 0 Å². The smallest absolute Gasteiger partial charge is 0.105 e. The molecule has 2 aliphatic rings. The Morgan fingerprint density at radius 1 is 1.36 bits per heavy atom. The molecule has 82 valence electrons. The Balaban J connectivity index is 1.90. The molecule has 2 saturated carbocycles. The molecular weight excluding hydrogens is 177 g/mol. The molecule has 0 radical (unpaired) electrons. The fourth-order valence-electron chi connectivity index (χ4n) is 3.39. The molecule has 0 spiro atoms. The molecule has 0 heterocycles. The zero-order valence-electron chi connectivity index (χ0n) is 9.30. The third-order valence-electron chi connectivity index (χ3n) is 3.98. The summed E-state index contributed by atoms with van der Waals surface area (Å²) in [6.45, 7) is 3.85. The highest BCUT2D eigenvalue weighted by Crippen LogP contribution is 2.50. The van der Waals surface area contributed by atoms with Crippen molar-refractivity contribution < 1.29 is 4.39 Å². The fraction of sp³-hybridized carbons (Fsp3) is 1.00. The van der Waals surface area contributed by atoms with Crippen molar-refractivity contribution in [1.29, 1.82) is 0 Å². The summed E-state index contributed by atoms with van der Waals surface area (Å²) in [5.41, 5.74) is 5.52. The van der Waals surface area contributed by atoms with Crippen molar-refractivity contribution in [2.45, 2.75) is 57.7 Å². The molecule has 1 nitrogen and oxygen atoms in total. The van der Waals surface area contributed by atoms with Crippen molar-refractivity contribution >= 4 is 0 Å². The maximum Gasteiger partial charge on any atom is 0.105 e. The molecule has 2 fully saturated rings. The normalized spacial score (nSPS) is 39.0. The topological polar surface area (TPSA) is 26.0 Å². The second kappa shape index (κ2) is 3.48. The van der Waals surface area contributed by atoms with E-state index in [-0.39, 0.29) is 5.54 Å². The first-order chi connectivity index (χ1) is 6.46. The Morgan fingerprint density at radius 2 is 2.07 bits per heavy atom. The number of hydrogen-bond donors (Lipinski definition) is 1. The standard InChI is InChI=1S/C12H22FN/c1-12(2,14)7-11(13)10-6-8-3-4-9(10)5-8/h8-11H,3-7,14H2,1-2H3. The van der Waals surface area contributed by atoms with E-state index in [4.69, 9.17) is 5.73 Å². The van der Waals surface area contributed by atoms with Crippen molar-refractivity contribution in [3.8, 4) is 0 Å². The van der Waals surface area contributed by atoms with Crippen LogP contribution in [0.2, 0.25) is 0 Å². The van der Waals surface area contributed by atoms with Gasteiger partial charge in [-0.15, -0.1) is 0 Å². The Kier molecular flexibility index (Phi) is 2.59. The van der Waals surface area contributed by atoms with Crippen LogP contribution < -0.4 is 5.73 Å². The van der Waals surface area contributed by atoms with Gasteiger partial charge in [0.25, 0.3) is 0 Å². The SMILES string of the molecule is CC(C)(N)CC(F)C1CC2CCC1C2.